The molecule has 1 heterocycles. The van der Waals surface area contributed by atoms with Gasteiger partial charge in [-0.05, 0) is 18.2 Å². The van der Waals surface area contributed by atoms with Crippen LogP contribution in [0.3, 0.4) is 0 Å². The molecule has 1 atom stereocenters. The molecule has 0 radical (unpaired) electrons. The lowest BCUT2D eigenvalue weighted by molar-refractivity contribution is -0.142. The Morgan fingerprint density at radius 2 is 2.21 bits per heavy atom. The number of benzene rings is 1. The number of fused-ring (bicyclic) bond motifs is 1. The Bertz CT molecular complexity index is 685. The Kier molecular flexibility index (Phi) is 3.37. The van der Waals surface area contributed by atoms with Gasteiger partial charge in [-0.25, -0.2) is 4.79 Å². The summed E-state index contributed by atoms with van der Waals surface area (Å²) in [5.41, 5.74) is 1.32. The number of hydrogen-bond acceptors (Lipinski definition) is 4. The van der Waals surface area contributed by atoms with Crippen LogP contribution < -0.4 is 11.1 Å². The van der Waals surface area contributed by atoms with E-state index in [2.05, 4.69) is 10.3 Å². The first kappa shape index (κ1) is 12.9. The molecule has 7 heteroatoms. The molecule has 7 nitrogen and oxygen atoms in total. The minimum Gasteiger partial charge on any atom is -0.481 e. The molecule has 0 bridgehead atoms. The van der Waals surface area contributed by atoms with Gasteiger partial charge in [-0.1, -0.05) is 6.92 Å². The Morgan fingerprint density at radius 3 is 2.89 bits per heavy atom. The van der Waals surface area contributed by atoms with Gasteiger partial charge in [-0.15, -0.1) is 0 Å². The van der Waals surface area contributed by atoms with Crippen LogP contribution in [-0.2, 0) is 9.59 Å². The number of aliphatic carboxylic acids is 1. The summed E-state index contributed by atoms with van der Waals surface area (Å²) in [5.74, 6) is -2.75. The zero-order chi connectivity index (χ0) is 14.0. The lowest BCUT2D eigenvalue weighted by Crippen LogP contribution is -2.19. The predicted octanol–water partition coefficient (Wildman–Crippen LogP) is 1.17. The van der Waals surface area contributed by atoms with Crippen molar-refractivity contribution in [3.05, 3.63) is 28.7 Å². The second kappa shape index (κ2) is 4.97. The molecule has 0 spiro atoms. The number of hydrogen-bond donors (Lipinski definition) is 3. The fourth-order valence-electron chi connectivity index (χ4n) is 1.61. The predicted molar refractivity (Wildman–Crippen MR) is 66.9 cm³/mol. The summed E-state index contributed by atoms with van der Waals surface area (Å²) in [6.45, 7) is 1.46. The number of aromatic nitrogens is 1. The summed E-state index contributed by atoms with van der Waals surface area (Å²) < 4.78 is 4.82. The summed E-state index contributed by atoms with van der Waals surface area (Å²) in [5, 5.41) is 11.3. The molecule has 0 aliphatic heterocycles. The van der Waals surface area contributed by atoms with Crippen LogP contribution in [0.2, 0.25) is 0 Å². The maximum absolute atomic E-state index is 11.6. The van der Waals surface area contributed by atoms with E-state index in [1.165, 1.54) is 6.92 Å². The van der Waals surface area contributed by atoms with Crippen molar-refractivity contribution in [2.75, 3.05) is 5.32 Å². The van der Waals surface area contributed by atoms with Gasteiger partial charge in [0, 0.05) is 12.1 Å². The van der Waals surface area contributed by atoms with Gasteiger partial charge in [0.05, 0.1) is 11.4 Å². The van der Waals surface area contributed by atoms with Crippen LogP contribution in [0.25, 0.3) is 11.1 Å². The van der Waals surface area contributed by atoms with Crippen molar-refractivity contribution < 1.29 is 19.1 Å². The third-order valence-corrected chi connectivity index (χ3v) is 2.62. The molecule has 0 saturated carbocycles. The lowest BCUT2D eigenvalue weighted by Gasteiger charge is -2.07. The highest BCUT2D eigenvalue weighted by atomic mass is 16.4. The molecule has 1 unspecified atom stereocenters. The van der Waals surface area contributed by atoms with Crippen LogP contribution >= 0.6 is 0 Å². The molecular formula is C12H12N2O5. The molecule has 0 aliphatic rings. The van der Waals surface area contributed by atoms with Crippen LogP contribution in [0.5, 0.6) is 0 Å². The minimum absolute atomic E-state index is 0.116. The average Bonchev–Trinajstić information content (AvgIpc) is 2.68. The maximum Gasteiger partial charge on any atom is 0.417 e. The van der Waals surface area contributed by atoms with E-state index in [4.69, 9.17) is 9.52 Å². The largest absolute Gasteiger partial charge is 0.481 e. The number of carboxylic acids is 1. The Labute approximate surface area is 107 Å². The first-order valence-electron chi connectivity index (χ1n) is 5.61. The van der Waals surface area contributed by atoms with E-state index in [1.807, 2.05) is 0 Å². The van der Waals surface area contributed by atoms with E-state index < -0.39 is 23.6 Å². The van der Waals surface area contributed by atoms with Crippen LogP contribution in [0.15, 0.2) is 27.4 Å². The molecule has 100 valence electrons. The molecular weight excluding hydrogens is 252 g/mol. The van der Waals surface area contributed by atoms with Gasteiger partial charge in [-0.2, -0.15) is 0 Å². The Morgan fingerprint density at radius 1 is 1.47 bits per heavy atom. The second-order valence-electron chi connectivity index (χ2n) is 4.22. The van der Waals surface area contributed by atoms with Gasteiger partial charge in [0.2, 0.25) is 5.91 Å². The average molecular weight is 264 g/mol. The summed E-state index contributed by atoms with van der Waals surface area (Å²) >= 11 is 0. The Balaban J connectivity index is 2.10. The van der Waals surface area contributed by atoms with E-state index in [0.29, 0.717) is 16.8 Å². The molecule has 1 aromatic carbocycles. The number of oxazole rings is 1. The summed E-state index contributed by atoms with van der Waals surface area (Å²) in [6, 6.07) is 4.66. The fraction of sp³-hybridized carbons (Fsp3) is 0.250. The van der Waals surface area contributed by atoms with E-state index in [0.717, 1.165) is 0 Å². The highest BCUT2D eigenvalue weighted by Crippen LogP contribution is 2.16. The number of nitrogens with one attached hydrogen (secondary N) is 2. The third kappa shape index (κ3) is 3.01. The van der Waals surface area contributed by atoms with Gasteiger partial charge >= 0.3 is 11.7 Å². The van der Waals surface area contributed by atoms with E-state index in [9.17, 15) is 14.4 Å². The monoisotopic (exact) mass is 264 g/mol. The highest BCUT2D eigenvalue weighted by Gasteiger charge is 2.15. The topological polar surface area (TPSA) is 112 Å². The number of carbonyl (C=O) groups is 2. The van der Waals surface area contributed by atoms with E-state index in [1.54, 1.807) is 18.2 Å². The Hall–Kier alpha value is -2.57. The molecule has 3 N–H and O–H groups in total. The molecule has 1 amide bonds. The number of anilines is 1. The number of carbonyl (C=O) groups excluding carboxylic acids is 1. The SMILES string of the molecule is CC(CC(=O)Nc1ccc2oc(=O)[nH]c2c1)C(=O)O. The van der Waals surface area contributed by atoms with Crippen LogP contribution in [0.4, 0.5) is 5.69 Å². The van der Waals surface area contributed by atoms with Gasteiger partial charge in [-0.3, -0.25) is 14.6 Å². The first-order valence-corrected chi connectivity index (χ1v) is 5.61. The zero-order valence-corrected chi connectivity index (χ0v) is 10.1. The summed E-state index contributed by atoms with van der Waals surface area (Å²) in [6.07, 6.45) is -0.116. The number of H-pyrrole nitrogens is 1. The van der Waals surface area contributed by atoms with Crippen LogP contribution in [-0.4, -0.2) is 22.0 Å². The van der Waals surface area contributed by atoms with Crippen molar-refractivity contribution >= 4 is 28.7 Å². The number of aromatic amines is 1. The maximum atomic E-state index is 11.6. The lowest BCUT2D eigenvalue weighted by atomic mass is 10.1. The first-order chi connectivity index (χ1) is 8.95. The molecule has 0 aliphatic carbocycles. The zero-order valence-electron chi connectivity index (χ0n) is 10.1. The molecule has 0 fully saturated rings. The fourth-order valence-corrected chi connectivity index (χ4v) is 1.61. The smallest absolute Gasteiger partial charge is 0.417 e. The molecule has 2 rings (SSSR count). The molecule has 0 saturated heterocycles. The van der Waals surface area contributed by atoms with Crippen LogP contribution in [0, 0.1) is 5.92 Å². The molecule has 19 heavy (non-hydrogen) atoms. The third-order valence-electron chi connectivity index (χ3n) is 2.62. The number of rotatable bonds is 4. The number of amides is 1. The molecule has 2 aromatic rings. The normalized spacial score (nSPS) is 12.3. The minimum atomic E-state index is -1.02. The van der Waals surface area contributed by atoms with Gasteiger partial charge < -0.3 is 14.8 Å². The van der Waals surface area contributed by atoms with Crippen molar-refractivity contribution in [2.24, 2.45) is 5.92 Å². The van der Waals surface area contributed by atoms with Crippen molar-refractivity contribution in [3.63, 3.8) is 0 Å². The van der Waals surface area contributed by atoms with Gasteiger partial charge in [0.15, 0.2) is 5.58 Å². The molecule has 1 aromatic heterocycles. The summed E-state index contributed by atoms with van der Waals surface area (Å²) in [7, 11) is 0. The van der Waals surface area contributed by atoms with Crippen molar-refractivity contribution in [2.45, 2.75) is 13.3 Å². The van der Waals surface area contributed by atoms with E-state index >= 15 is 0 Å². The van der Waals surface area contributed by atoms with Gasteiger partial charge in [0.1, 0.15) is 0 Å². The second-order valence-corrected chi connectivity index (χ2v) is 4.22. The van der Waals surface area contributed by atoms with Crippen molar-refractivity contribution in [3.8, 4) is 0 Å². The van der Waals surface area contributed by atoms with E-state index in [-0.39, 0.29) is 6.42 Å². The van der Waals surface area contributed by atoms with Crippen molar-refractivity contribution in [1.29, 1.82) is 0 Å². The van der Waals surface area contributed by atoms with Crippen LogP contribution in [0.1, 0.15) is 13.3 Å². The van der Waals surface area contributed by atoms with Crippen molar-refractivity contribution in [1.82, 2.24) is 4.98 Å². The quantitative estimate of drug-likeness (QED) is 0.767. The standard InChI is InChI=1S/C12H12N2O5/c1-6(11(16)17)4-10(15)13-7-2-3-9-8(5-7)14-12(18)19-9/h2-3,5-6H,4H2,1H3,(H,13,15)(H,14,18)(H,16,17). The number of carboxylic acid groups (broad SMARTS) is 1. The highest BCUT2D eigenvalue weighted by molar-refractivity contribution is 5.94. The summed E-state index contributed by atoms with van der Waals surface area (Å²) in [4.78, 5) is 35.7. The van der Waals surface area contributed by atoms with Gasteiger partial charge in [0.25, 0.3) is 0 Å².